The highest BCUT2D eigenvalue weighted by Gasteiger charge is 2.27. The van der Waals surface area contributed by atoms with Crippen LogP contribution in [0.15, 0.2) is 53.7 Å². The van der Waals surface area contributed by atoms with Crippen LogP contribution in [0, 0.1) is 0 Å². The highest BCUT2D eigenvalue weighted by molar-refractivity contribution is 7.89. The topological polar surface area (TPSA) is 96.4 Å². The van der Waals surface area contributed by atoms with Gasteiger partial charge < -0.3 is 0 Å². The number of aromatic nitrogens is 1. The summed E-state index contributed by atoms with van der Waals surface area (Å²) in [6, 6.07) is 9.17. The van der Waals surface area contributed by atoms with E-state index < -0.39 is 10.0 Å². The maximum Gasteiger partial charge on any atom is 0.240 e. The molecule has 0 atom stereocenters. The Balaban J connectivity index is 1.75. The van der Waals surface area contributed by atoms with E-state index in [-0.39, 0.29) is 23.3 Å². The zero-order chi connectivity index (χ0) is 17.9. The zero-order valence-corrected chi connectivity index (χ0v) is 14.2. The number of anilines is 1. The molecule has 1 aliphatic heterocycles. The van der Waals surface area contributed by atoms with Crippen LogP contribution >= 0.6 is 0 Å². The Morgan fingerprint density at radius 3 is 2.16 bits per heavy atom. The van der Waals surface area contributed by atoms with Crippen LogP contribution in [0.3, 0.4) is 0 Å². The van der Waals surface area contributed by atoms with Gasteiger partial charge in [0.25, 0.3) is 0 Å². The van der Waals surface area contributed by atoms with E-state index in [1.807, 2.05) is 0 Å². The molecule has 0 aliphatic carbocycles. The smallest absolute Gasteiger partial charge is 0.240 e. The van der Waals surface area contributed by atoms with Crippen molar-refractivity contribution in [3.8, 4) is 0 Å². The van der Waals surface area contributed by atoms with Gasteiger partial charge in [0.2, 0.25) is 21.8 Å². The van der Waals surface area contributed by atoms with Crippen molar-refractivity contribution in [2.45, 2.75) is 30.7 Å². The van der Waals surface area contributed by atoms with Gasteiger partial charge in [0.15, 0.2) is 0 Å². The number of rotatable bonds is 5. The molecule has 0 saturated carbocycles. The molecule has 25 heavy (non-hydrogen) atoms. The summed E-state index contributed by atoms with van der Waals surface area (Å²) >= 11 is 0. The number of carbonyl (C=O) groups excluding carboxylic acids is 2. The summed E-state index contributed by atoms with van der Waals surface area (Å²) < 4.78 is 27.2. The Morgan fingerprint density at radius 2 is 1.56 bits per heavy atom. The molecular weight excluding hydrogens is 342 g/mol. The van der Waals surface area contributed by atoms with Gasteiger partial charge in [-0.15, -0.1) is 0 Å². The summed E-state index contributed by atoms with van der Waals surface area (Å²) in [6.45, 7) is 0.149. The number of hydrogen-bond acceptors (Lipinski definition) is 5. The van der Waals surface area contributed by atoms with Gasteiger partial charge >= 0.3 is 0 Å². The quantitative estimate of drug-likeness (QED) is 0.818. The van der Waals surface area contributed by atoms with Gasteiger partial charge in [0, 0.05) is 31.8 Å². The maximum atomic E-state index is 12.3. The average molecular weight is 359 g/mol. The highest BCUT2D eigenvalue weighted by Crippen LogP contribution is 2.23. The largest absolute Gasteiger partial charge is 0.274 e. The molecule has 3 rings (SSSR count). The fourth-order valence-corrected chi connectivity index (χ4v) is 3.60. The Kier molecular flexibility index (Phi) is 4.91. The number of piperidine rings is 1. The standard InChI is InChI=1S/C17H17N3O4S/c21-16-2-1-3-17(22)20(16)14-4-6-15(7-5-14)25(23,24)19-12-13-8-10-18-11-9-13/h4-11,19H,1-3,12H2. The second kappa shape index (κ2) is 7.12. The van der Waals surface area contributed by atoms with E-state index in [9.17, 15) is 18.0 Å². The number of amides is 2. The lowest BCUT2D eigenvalue weighted by molar-refractivity contribution is -0.129. The molecule has 2 heterocycles. The second-order valence-corrected chi connectivity index (χ2v) is 7.42. The number of hydrogen-bond donors (Lipinski definition) is 1. The van der Waals surface area contributed by atoms with Crippen molar-refractivity contribution in [2.24, 2.45) is 0 Å². The third-order valence-electron chi connectivity index (χ3n) is 3.90. The average Bonchev–Trinajstić information content (AvgIpc) is 2.61. The predicted octanol–water partition coefficient (Wildman–Crippen LogP) is 1.60. The van der Waals surface area contributed by atoms with E-state index in [0.29, 0.717) is 24.9 Å². The molecular formula is C17H17N3O4S. The number of pyridine rings is 1. The third kappa shape index (κ3) is 3.92. The van der Waals surface area contributed by atoms with Crippen LogP contribution < -0.4 is 9.62 Å². The van der Waals surface area contributed by atoms with Crippen molar-refractivity contribution in [1.29, 1.82) is 0 Å². The van der Waals surface area contributed by atoms with E-state index in [4.69, 9.17) is 0 Å². The first kappa shape index (κ1) is 17.2. The summed E-state index contributed by atoms with van der Waals surface area (Å²) in [4.78, 5) is 28.9. The summed E-state index contributed by atoms with van der Waals surface area (Å²) in [5.74, 6) is -0.523. The van der Waals surface area contributed by atoms with Crippen LogP contribution in [-0.2, 0) is 26.2 Å². The molecule has 130 valence electrons. The lowest BCUT2D eigenvalue weighted by Gasteiger charge is -2.24. The van der Waals surface area contributed by atoms with Crippen LogP contribution in [0.5, 0.6) is 0 Å². The molecule has 0 radical (unpaired) electrons. The van der Waals surface area contributed by atoms with Gasteiger partial charge in [-0.2, -0.15) is 0 Å². The zero-order valence-electron chi connectivity index (χ0n) is 13.4. The molecule has 0 unspecified atom stereocenters. The lowest BCUT2D eigenvalue weighted by Crippen LogP contribution is -2.40. The van der Waals surface area contributed by atoms with Crippen molar-refractivity contribution in [2.75, 3.05) is 4.90 Å². The first-order valence-corrected chi connectivity index (χ1v) is 9.30. The predicted molar refractivity (Wildman–Crippen MR) is 91.0 cm³/mol. The minimum atomic E-state index is -3.69. The molecule has 1 aromatic carbocycles. The van der Waals surface area contributed by atoms with Gasteiger partial charge in [-0.05, 0) is 48.4 Å². The first-order chi connectivity index (χ1) is 12.0. The molecule has 0 spiro atoms. The monoisotopic (exact) mass is 359 g/mol. The Morgan fingerprint density at radius 1 is 0.960 bits per heavy atom. The summed E-state index contributed by atoms with van der Waals surface area (Å²) in [7, 11) is -3.69. The SMILES string of the molecule is O=C1CCCC(=O)N1c1ccc(S(=O)(=O)NCc2ccncc2)cc1. The summed E-state index contributed by atoms with van der Waals surface area (Å²) in [5.41, 5.74) is 1.18. The molecule has 1 aromatic heterocycles. The summed E-state index contributed by atoms with van der Waals surface area (Å²) in [6.07, 6.45) is 4.37. The van der Waals surface area contributed by atoms with Crippen LogP contribution in [0.25, 0.3) is 0 Å². The molecule has 1 fully saturated rings. The minimum absolute atomic E-state index is 0.0715. The molecule has 8 heteroatoms. The number of nitrogens with zero attached hydrogens (tertiary/aromatic N) is 2. The molecule has 1 N–H and O–H groups in total. The van der Waals surface area contributed by atoms with Gasteiger partial charge in [-0.1, -0.05) is 0 Å². The number of sulfonamides is 1. The van der Waals surface area contributed by atoms with Crippen LogP contribution in [0.4, 0.5) is 5.69 Å². The number of carbonyl (C=O) groups is 2. The molecule has 1 aliphatic rings. The van der Waals surface area contributed by atoms with Crippen molar-refractivity contribution in [3.63, 3.8) is 0 Å². The first-order valence-electron chi connectivity index (χ1n) is 7.82. The third-order valence-corrected chi connectivity index (χ3v) is 5.32. The van der Waals surface area contributed by atoms with Crippen molar-refractivity contribution >= 4 is 27.5 Å². The Hall–Kier alpha value is -2.58. The normalized spacial score (nSPS) is 15.4. The number of benzene rings is 1. The minimum Gasteiger partial charge on any atom is -0.274 e. The number of imide groups is 1. The highest BCUT2D eigenvalue weighted by atomic mass is 32.2. The van der Waals surface area contributed by atoms with Crippen LogP contribution in [0.1, 0.15) is 24.8 Å². The van der Waals surface area contributed by atoms with E-state index in [2.05, 4.69) is 9.71 Å². The van der Waals surface area contributed by atoms with Crippen molar-refractivity contribution in [3.05, 3.63) is 54.4 Å². The van der Waals surface area contributed by atoms with E-state index in [1.54, 1.807) is 24.5 Å². The van der Waals surface area contributed by atoms with Crippen molar-refractivity contribution in [1.82, 2.24) is 9.71 Å². The molecule has 2 amide bonds. The molecule has 7 nitrogen and oxygen atoms in total. The summed E-state index contributed by atoms with van der Waals surface area (Å²) in [5, 5.41) is 0. The van der Waals surface area contributed by atoms with Crippen molar-refractivity contribution < 1.29 is 18.0 Å². The molecule has 0 bridgehead atoms. The van der Waals surface area contributed by atoms with Crippen LogP contribution in [-0.4, -0.2) is 25.2 Å². The second-order valence-electron chi connectivity index (χ2n) is 5.65. The molecule has 2 aromatic rings. The van der Waals surface area contributed by atoms with E-state index in [1.165, 1.54) is 24.3 Å². The maximum absolute atomic E-state index is 12.3. The fraction of sp³-hybridized carbons (Fsp3) is 0.235. The number of nitrogens with one attached hydrogen (secondary N) is 1. The van der Waals surface area contributed by atoms with E-state index >= 15 is 0 Å². The lowest BCUT2D eigenvalue weighted by atomic mass is 10.1. The van der Waals surface area contributed by atoms with Gasteiger partial charge in [-0.3, -0.25) is 19.5 Å². The van der Waals surface area contributed by atoms with Gasteiger partial charge in [0.05, 0.1) is 10.6 Å². The Labute approximate surface area is 145 Å². The fourth-order valence-electron chi connectivity index (χ4n) is 2.58. The van der Waals surface area contributed by atoms with E-state index in [0.717, 1.165) is 10.5 Å². The van der Waals surface area contributed by atoms with Gasteiger partial charge in [-0.25, -0.2) is 13.1 Å². The molecule has 1 saturated heterocycles. The van der Waals surface area contributed by atoms with Crippen LogP contribution in [0.2, 0.25) is 0 Å². The van der Waals surface area contributed by atoms with Gasteiger partial charge in [0.1, 0.15) is 0 Å². The Bertz CT molecular complexity index is 864.